The van der Waals surface area contributed by atoms with Crippen LogP contribution in [-0.2, 0) is 16.2 Å². The number of nitro groups is 1. The summed E-state index contributed by atoms with van der Waals surface area (Å²) in [5, 5.41) is 17.8. The minimum Gasteiger partial charge on any atom is -0.490 e. The molecule has 0 radical (unpaired) electrons. The minimum absolute atomic E-state index is 0.0204. The number of anilines is 1. The third-order valence-electron chi connectivity index (χ3n) is 4.41. The molecule has 176 valence electrons. The van der Waals surface area contributed by atoms with Crippen LogP contribution in [0.15, 0.2) is 71.9 Å². The Morgan fingerprint density at radius 3 is 2.47 bits per heavy atom. The summed E-state index contributed by atoms with van der Waals surface area (Å²) in [4.78, 5) is 27.3. The van der Waals surface area contributed by atoms with E-state index in [1.807, 2.05) is 6.92 Å². The number of rotatable bonds is 11. The Morgan fingerprint density at radius 2 is 1.79 bits per heavy atom. The molecule has 3 aromatic rings. The number of hydrogen-bond acceptors (Lipinski definition) is 7. The summed E-state index contributed by atoms with van der Waals surface area (Å²) in [6.45, 7) is 2.24. The number of nitro benzene ring substituents is 1. The van der Waals surface area contributed by atoms with Crippen molar-refractivity contribution < 1.29 is 24.0 Å². The van der Waals surface area contributed by atoms with Crippen LogP contribution in [0, 0.1) is 10.1 Å². The van der Waals surface area contributed by atoms with Crippen LogP contribution in [0.5, 0.6) is 11.5 Å². The molecule has 0 atom stereocenters. The van der Waals surface area contributed by atoms with Crippen LogP contribution in [0.1, 0.15) is 18.1 Å². The van der Waals surface area contributed by atoms with Crippen LogP contribution in [0.3, 0.4) is 0 Å². The van der Waals surface area contributed by atoms with Crippen LogP contribution in [-0.4, -0.2) is 30.3 Å². The molecule has 0 aromatic heterocycles. The molecule has 0 unspecified atom stereocenters. The summed E-state index contributed by atoms with van der Waals surface area (Å²) in [6, 6.07) is 18.1. The van der Waals surface area contributed by atoms with Crippen molar-refractivity contribution in [3.05, 3.63) is 93.0 Å². The number of nitrogens with zero attached hydrogens (tertiary/aromatic N) is 2. The molecule has 3 aromatic carbocycles. The summed E-state index contributed by atoms with van der Waals surface area (Å²) < 4.78 is 11.5. The fraction of sp³-hybridized carbons (Fsp3) is 0.167. The molecule has 0 bridgehead atoms. The first-order valence-electron chi connectivity index (χ1n) is 10.3. The van der Waals surface area contributed by atoms with Gasteiger partial charge in [-0.3, -0.25) is 14.9 Å². The van der Waals surface area contributed by atoms with Crippen molar-refractivity contribution in [2.45, 2.75) is 13.5 Å². The summed E-state index contributed by atoms with van der Waals surface area (Å²) in [5.74, 6) is 0.666. The van der Waals surface area contributed by atoms with Gasteiger partial charge in [0.05, 0.1) is 17.7 Å². The zero-order valence-electron chi connectivity index (χ0n) is 18.3. The van der Waals surface area contributed by atoms with E-state index < -0.39 is 4.92 Å². The van der Waals surface area contributed by atoms with Crippen molar-refractivity contribution >= 4 is 35.1 Å². The highest BCUT2D eigenvalue weighted by Gasteiger charge is 2.09. The van der Waals surface area contributed by atoms with Gasteiger partial charge < -0.3 is 19.6 Å². The highest BCUT2D eigenvalue weighted by Crippen LogP contribution is 2.29. The van der Waals surface area contributed by atoms with Crippen molar-refractivity contribution in [1.82, 2.24) is 0 Å². The summed E-state index contributed by atoms with van der Waals surface area (Å²) >= 11 is 5.82. The maximum Gasteiger partial charge on any atom is 0.269 e. The van der Waals surface area contributed by atoms with E-state index in [1.54, 1.807) is 54.6 Å². The Labute approximate surface area is 201 Å². The Bertz CT molecular complexity index is 1150. The lowest BCUT2D eigenvalue weighted by Crippen LogP contribution is -2.16. The highest BCUT2D eigenvalue weighted by atomic mass is 35.5. The molecule has 0 saturated heterocycles. The fourth-order valence-electron chi connectivity index (χ4n) is 2.79. The molecule has 9 nitrogen and oxygen atoms in total. The lowest BCUT2D eigenvalue weighted by molar-refractivity contribution is -0.384. The van der Waals surface area contributed by atoms with Crippen molar-refractivity contribution in [2.24, 2.45) is 5.16 Å². The third-order valence-corrected chi connectivity index (χ3v) is 4.66. The van der Waals surface area contributed by atoms with Crippen LogP contribution >= 0.6 is 11.6 Å². The summed E-state index contributed by atoms with van der Waals surface area (Å²) in [6.07, 6.45) is 1.46. The molecule has 1 N–H and O–H groups in total. The quantitative estimate of drug-likeness (QED) is 0.227. The second-order valence-electron chi connectivity index (χ2n) is 6.91. The van der Waals surface area contributed by atoms with E-state index in [9.17, 15) is 14.9 Å². The smallest absolute Gasteiger partial charge is 0.269 e. The zero-order chi connectivity index (χ0) is 24.3. The number of benzene rings is 3. The van der Waals surface area contributed by atoms with Gasteiger partial charge in [0.1, 0.15) is 6.61 Å². The average molecular weight is 484 g/mol. The summed E-state index contributed by atoms with van der Waals surface area (Å²) in [5.41, 5.74) is 2.09. The Morgan fingerprint density at radius 1 is 1.06 bits per heavy atom. The Kier molecular flexibility index (Phi) is 8.81. The largest absolute Gasteiger partial charge is 0.490 e. The van der Waals surface area contributed by atoms with E-state index in [0.29, 0.717) is 34.4 Å². The van der Waals surface area contributed by atoms with Crippen molar-refractivity contribution in [1.29, 1.82) is 0 Å². The standard InChI is InChI=1S/C24H22ClN3O6/c1-2-32-23-13-18(14-26-34-16-24(29)27-20-8-6-19(25)7-9-20)5-12-22(23)33-15-17-3-10-21(11-4-17)28(30)31/h3-14H,2,15-16H2,1H3,(H,27,29). The van der Waals surface area contributed by atoms with Gasteiger partial charge in [-0.15, -0.1) is 0 Å². The van der Waals surface area contributed by atoms with E-state index in [2.05, 4.69) is 10.5 Å². The van der Waals surface area contributed by atoms with Crippen molar-refractivity contribution in [2.75, 3.05) is 18.5 Å². The van der Waals surface area contributed by atoms with Crippen LogP contribution in [0.25, 0.3) is 0 Å². The van der Waals surface area contributed by atoms with Crippen LogP contribution in [0.4, 0.5) is 11.4 Å². The fourth-order valence-corrected chi connectivity index (χ4v) is 2.92. The number of carbonyl (C=O) groups is 1. The predicted molar refractivity (Wildman–Crippen MR) is 129 cm³/mol. The number of hydrogen-bond donors (Lipinski definition) is 1. The van der Waals surface area contributed by atoms with Crippen LogP contribution < -0.4 is 14.8 Å². The second kappa shape index (κ2) is 12.2. The molecule has 10 heteroatoms. The molecule has 0 heterocycles. The lowest BCUT2D eigenvalue weighted by atomic mass is 10.2. The lowest BCUT2D eigenvalue weighted by Gasteiger charge is -2.12. The van der Waals surface area contributed by atoms with Gasteiger partial charge in [0.25, 0.3) is 11.6 Å². The van der Waals surface area contributed by atoms with Gasteiger partial charge in [-0.25, -0.2) is 0 Å². The van der Waals surface area contributed by atoms with Gasteiger partial charge in [0.2, 0.25) is 0 Å². The molecule has 0 saturated carbocycles. The molecule has 1 amide bonds. The van der Waals surface area contributed by atoms with E-state index in [1.165, 1.54) is 18.3 Å². The summed E-state index contributed by atoms with van der Waals surface area (Å²) in [7, 11) is 0. The number of non-ortho nitro benzene ring substituents is 1. The minimum atomic E-state index is -0.451. The van der Waals surface area contributed by atoms with Gasteiger partial charge in [-0.1, -0.05) is 16.8 Å². The van der Waals surface area contributed by atoms with Gasteiger partial charge in [0, 0.05) is 28.4 Å². The number of oxime groups is 1. The maximum absolute atomic E-state index is 11.9. The molecular formula is C24H22ClN3O6. The number of amides is 1. The predicted octanol–water partition coefficient (Wildman–Crippen LogP) is 5.22. The maximum atomic E-state index is 11.9. The normalized spacial score (nSPS) is 10.6. The molecule has 0 fully saturated rings. The van der Waals surface area contributed by atoms with Gasteiger partial charge in [-0.2, -0.15) is 0 Å². The Balaban J connectivity index is 1.54. The van der Waals surface area contributed by atoms with Crippen molar-refractivity contribution in [3.63, 3.8) is 0 Å². The molecule has 0 aliphatic heterocycles. The topological polar surface area (TPSA) is 112 Å². The molecular weight excluding hydrogens is 462 g/mol. The average Bonchev–Trinajstić information content (AvgIpc) is 2.83. The first kappa shape index (κ1) is 24.5. The van der Waals surface area contributed by atoms with Gasteiger partial charge in [-0.05, 0) is 67.1 Å². The van der Waals surface area contributed by atoms with Crippen molar-refractivity contribution in [3.8, 4) is 11.5 Å². The monoisotopic (exact) mass is 483 g/mol. The number of nitrogens with one attached hydrogen (secondary N) is 1. The number of carbonyl (C=O) groups excluding carboxylic acids is 1. The van der Waals surface area contributed by atoms with E-state index >= 15 is 0 Å². The highest BCUT2D eigenvalue weighted by molar-refractivity contribution is 6.30. The number of halogens is 1. The van der Waals surface area contributed by atoms with E-state index in [-0.39, 0.29) is 24.8 Å². The van der Waals surface area contributed by atoms with E-state index in [4.69, 9.17) is 25.9 Å². The molecule has 3 rings (SSSR count). The van der Waals surface area contributed by atoms with E-state index in [0.717, 1.165) is 5.56 Å². The first-order chi connectivity index (χ1) is 16.4. The molecule has 34 heavy (non-hydrogen) atoms. The van der Waals surface area contributed by atoms with Gasteiger partial charge >= 0.3 is 0 Å². The molecule has 0 spiro atoms. The zero-order valence-corrected chi connectivity index (χ0v) is 19.0. The van der Waals surface area contributed by atoms with Crippen LogP contribution in [0.2, 0.25) is 5.02 Å². The van der Waals surface area contributed by atoms with Gasteiger partial charge in [0.15, 0.2) is 18.1 Å². The second-order valence-corrected chi connectivity index (χ2v) is 7.35. The number of ether oxygens (including phenoxy) is 2. The molecule has 0 aliphatic rings. The molecule has 0 aliphatic carbocycles. The Hall–Kier alpha value is -4.11. The SMILES string of the molecule is CCOc1cc(C=NOCC(=O)Nc2ccc(Cl)cc2)ccc1OCc1ccc([N+](=O)[O-])cc1. The third kappa shape index (κ3) is 7.49. The first-order valence-corrected chi connectivity index (χ1v) is 10.7.